The molecule has 102 valence electrons. The Morgan fingerprint density at radius 3 is 2.42 bits per heavy atom. The summed E-state index contributed by atoms with van der Waals surface area (Å²) in [6.45, 7) is 4.31. The zero-order valence-corrected chi connectivity index (χ0v) is 12.5. The first-order valence-corrected chi connectivity index (χ1v) is 8.36. The maximum absolute atomic E-state index is 11.2. The molecule has 1 aromatic heterocycles. The number of hydrogen-bond acceptors (Lipinski definition) is 4. The summed E-state index contributed by atoms with van der Waals surface area (Å²) >= 11 is 1.63. The number of rotatable bonds is 4. The first-order valence-electron chi connectivity index (χ1n) is 5.94. The Kier molecular flexibility index (Phi) is 4.03. The monoisotopic (exact) mass is 296 g/mol. The summed E-state index contributed by atoms with van der Waals surface area (Å²) in [4.78, 5) is 4.67. The van der Waals surface area contributed by atoms with E-state index in [9.17, 15) is 8.42 Å². The van der Waals surface area contributed by atoms with E-state index in [0.717, 1.165) is 22.7 Å². The van der Waals surface area contributed by atoms with Crippen LogP contribution in [0.2, 0.25) is 0 Å². The molecule has 1 heterocycles. The minimum Gasteiger partial charge on any atom is -0.241 e. The van der Waals surface area contributed by atoms with Crippen molar-refractivity contribution < 1.29 is 8.42 Å². The molecule has 0 amide bonds. The highest BCUT2D eigenvalue weighted by molar-refractivity contribution is 7.89. The van der Waals surface area contributed by atoms with Crippen LogP contribution in [0.25, 0.3) is 11.3 Å². The van der Waals surface area contributed by atoms with Crippen LogP contribution in [0, 0.1) is 5.92 Å². The second kappa shape index (κ2) is 5.40. The molecule has 0 bridgehead atoms. The Morgan fingerprint density at radius 2 is 1.89 bits per heavy atom. The minimum atomic E-state index is -3.63. The quantitative estimate of drug-likeness (QED) is 0.942. The lowest BCUT2D eigenvalue weighted by molar-refractivity contribution is 0.598. The van der Waals surface area contributed by atoms with Crippen molar-refractivity contribution in [3.05, 3.63) is 34.7 Å². The van der Waals surface area contributed by atoms with Crippen molar-refractivity contribution in [3.8, 4) is 11.3 Å². The lowest BCUT2D eigenvalue weighted by Crippen LogP contribution is -2.11. The van der Waals surface area contributed by atoms with Gasteiger partial charge in [0, 0.05) is 17.4 Å². The molecule has 0 saturated carbocycles. The summed E-state index contributed by atoms with van der Waals surface area (Å²) in [6, 6.07) is 6.47. The largest absolute Gasteiger partial charge is 0.241 e. The highest BCUT2D eigenvalue weighted by Crippen LogP contribution is 2.24. The van der Waals surface area contributed by atoms with E-state index in [0.29, 0.717) is 5.92 Å². The van der Waals surface area contributed by atoms with Crippen LogP contribution in [0.1, 0.15) is 18.9 Å². The van der Waals surface area contributed by atoms with Gasteiger partial charge in [0.05, 0.1) is 15.6 Å². The summed E-state index contributed by atoms with van der Waals surface area (Å²) < 4.78 is 22.3. The van der Waals surface area contributed by atoms with E-state index >= 15 is 0 Å². The predicted molar refractivity (Wildman–Crippen MR) is 77.5 cm³/mol. The Balaban J connectivity index is 2.25. The molecule has 0 aliphatic carbocycles. The Bertz CT molecular complexity index is 658. The molecule has 0 saturated heterocycles. The van der Waals surface area contributed by atoms with Crippen molar-refractivity contribution in [1.29, 1.82) is 0 Å². The van der Waals surface area contributed by atoms with Gasteiger partial charge in [0.1, 0.15) is 0 Å². The summed E-state index contributed by atoms with van der Waals surface area (Å²) in [7, 11) is -3.63. The van der Waals surface area contributed by atoms with Crippen molar-refractivity contribution in [2.24, 2.45) is 11.1 Å². The first-order chi connectivity index (χ1) is 8.86. The number of primary sulfonamides is 1. The van der Waals surface area contributed by atoms with Crippen LogP contribution >= 0.6 is 11.3 Å². The summed E-state index contributed by atoms with van der Waals surface area (Å²) in [5, 5.41) is 8.15. The summed E-state index contributed by atoms with van der Waals surface area (Å²) in [6.07, 6.45) is 0.958. The van der Waals surface area contributed by atoms with Gasteiger partial charge >= 0.3 is 0 Å². The van der Waals surface area contributed by atoms with Crippen LogP contribution < -0.4 is 5.14 Å². The van der Waals surface area contributed by atoms with Crippen molar-refractivity contribution in [3.63, 3.8) is 0 Å². The standard InChI is InChI=1S/C13H16N2O2S2/c1-9(2)7-13-15-12(8-18-13)10-3-5-11(6-4-10)19(14,16)17/h3-6,8-9H,7H2,1-2H3,(H2,14,16,17). The molecule has 0 aliphatic heterocycles. The molecule has 2 N–H and O–H groups in total. The van der Waals surface area contributed by atoms with Crippen LogP contribution in [0.4, 0.5) is 0 Å². The highest BCUT2D eigenvalue weighted by atomic mass is 32.2. The van der Waals surface area contributed by atoms with Gasteiger partial charge in [0.25, 0.3) is 0 Å². The number of sulfonamides is 1. The third-order valence-corrected chi connectivity index (χ3v) is 4.41. The van der Waals surface area contributed by atoms with Gasteiger partial charge in [-0.15, -0.1) is 11.3 Å². The first kappa shape index (κ1) is 14.2. The number of aromatic nitrogens is 1. The molecule has 1 aromatic carbocycles. The van der Waals surface area contributed by atoms with Crippen molar-refractivity contribution in [2.75, 3.05) is 0 Å². The molecule has 0 spiro atoms. The van der Waals surface area contributed by atoms with E-state index < -0.39 is 10.0 Å². The molecular formula is C13H16N2O2S2. The fraction of sp³-hybridized carbons (Fsp3) is 0.308. The van der Waals surface area contributed by atoms with Crippen LogP contribution in [-0.2, 0) is 16.4 Å². The lowest BCUT2D eigenvalue weighted by Gasteiger charge is -2.01. The highest BCUT2D eigenvalue weighted by Gasteiger charge is 2.09. The average Bonchev–Trinajstić information content (AvgIpc) is 2.75. The van der Waals surface area contributed by atoms with E-state index in [1.54, 1.807) is 23.5 Å². The number of hydrogen-bond donors (Lipinski definition) is 1. The van der Waals surface area contributed by atoms with Gasteiger partial charge in [-0.2, -0.15) is 0 Å². The number of nitrogens with zero attached hydrogens (tertiary/aromatic N) is 1. The summed E-state index contributed by atoms with van der Waals surface area (Å²) in [5.41, 5.74) is 1.78. The molecule has 4 nitrogen and oxygen atoms in total. The van der Waals surface area contributed by atoms with Crippen LogP contribution in [0.15, 0.2) is 34.5 Å². The zero-order valence-electron chi connectivity index (χ0n) is 10.8. The van der Waals surface area contributed by atoms with Gasteiger partial charge in [0.15, 0.2) is 0 Å². The predicted octanol–water partition coefficient (Wildman–Crippen LogP) is 2.66. The molecule has 6 heteroatoms. The van der Waals surface area contributed by atoms with E-state index in [1.807, 2.05) is 5.38 Å². The molecule has 2 rings (SSSR count). The number of benzene rings is 1. The van der Waals surface area contributed by atoms with Crippen molar-refractivity contribution in [2.45, 2.75) is 25.2 Å². The third kappa shape index (κ3) is 3.62. The second-order valence-corrected chi connectivity index (χ2v) is 7.30. The fourth-order valence-corrected chi connectivity index (χ4v) is 3.23. The smallest absolute Gasteiger partial charge is 0.238 e. The normalized spacial score (nSPS) is 12.0. The van der Waals surface area contributed by atoms with E-state index in [2.05, 4.69) is 18.8 Å². The summed E-state index contributed by atoms with van der Waals surface area (Å²) in [5.74, 6) is 0.573. The lowest BCUT2D eigenvalue weighted by atomic mass is 10.1. The van der Waals surface area contributed by atoms with E-state index in [4.69, 9.17) is 5.14 Å². The number of thiazole rings is 1. The molecular weight excluding hydrogens is 280 g/mol. The minimum absolute atomic E-state index is 0.119. The third-order valence-electron chi connectivity index (χ3n) is 2.61. The van der Waals surface area contributed by atoms with E-state index in [1.165, 1.54) is 12.1 Å². The zero-order chi connectivity index (χ0) is 14.0. The Hall–Kier alpha value is -1.24. The molecule has 19 heavy (non-hydrogen) atoms. The molecule has 0 unspecified atom stereocenters. The molecule has 0 radical (unpaired) electrons. The second-order valence-electron chi connectivity index (χ2n) is 4.79. The Morgan fingerprint density at radius 1 is 1.26 bits per heavy atom. The molecule has 0 aliphatic rings. The SMILES string of the molecule is CC(C)Cc1nc(-c2ccc(S(N)(=O)=O)cc2)cs1. The van der Waals surface area contributed by atoms with Gasteiger partial charge in [0.2, 0.25) is 10.0 Å². The van der Waals surface area contributed by atoms with Gasteiger partial charge in [-0.3, -0.25) is 0 Å². The maximum Gasteiger partial charge on any atom is 0.238 e. The van der Waals surface area contributed by atoms with E-state index in [-0.39, 0.29) is 4.90 Å². The molecule has 0 atom stereocenters. The van der Waals surface area contributed by atoms with Crippen LogP contribution in [0.5, 0.6) is 0 Å². The fourth-order valence-electron chi connectivity index (χ4n) is 1.70. The Labute approximate surface area is 117 Å². The van der Waals surface area contributed by atoms with Crippen LogP contribution in [-0.4, -0.2) is 13.4 Å². The van der Waals surface area contributed by atoms with Gasteiger partial charge in [-0.1, -0.05) is 26.0 Å². The maximum atomic E-state index is 11.2. The van der Waals surface area contributed by atoms with Gasteiger partial charge in [-0.05, 0) is 18.1 Å². The van der Waals surface area contributed by atoms with Crippen molar-refractivity contribution in [1.82, 2.24) is 4.98 Å². The average molecular weight is 296 g/mol. The molecule has 2 aromatic rings. The van der Waals surface area contributed by atoms with Crippen LogP contribution in [0.3, 0.4) is 0 Å². The van der Waals surface area contributed by atoms with Gasteiger partial charge < -0.3 is 0 Å². The van der Waals surface area contributed by atoms with Crippen molar-refractivity contribution >= 4 is 21.4 Å². The number of nitrogens with two attached hydrogens (primary N) is 1. The topological polar surface area (TPSA) is 73.0 Å². The van der Waals surface area contributed by atoms with Gasteiger partial charge in [-0.25, -0.2) is 18.5 Å². The molecule has 0 fully saturated rings.